The Bertz CT molecular complexity index is 1150. The van der Waals surface area contributed by atoms with Crippen LogP contribution in [0, 0.1) is 26.2 Å². The number of carbonyl (C=O) groups is 1. The van der Waals surface area contributed by atoms with Crippen LogP contribution in [0.25, 0.3) is 10.2 Å². The van der Waals surface area contributed by atoms with Crippen molar-refractivity contribution in [3.05, 3.63) is 52.3 Å². The molecule has 0 saturated heterocycles. The normalized spacial score (nSPS) is 16.3. The minimum atomic E-state index is -0.770. The van der Waals surface area contributed by atoms with Crippen molar-refractivity contribution >= 4 is 27.5 Å². The summed E-state index contributed by atoms with van der Waals surface area (Å²) >= 11 is 1.45. The third-order valence-corrected chi connectivity index (χ3v) is 5.58. The topological polar surface area (TPSA) is 52.8 Å². The van der Waals surface area contributed by atoms with Crippen molar-refractivity contribution in [3.63, 3.8) is 0 Å². The lowest BCUT2D eigenvalue weighted by Crippen LogP contribution is -2.36. The maximum absolute atomic E-state index is 12.7. The maximum atomic E-state index is 12.7. The van der Waals surface area contributed by atoms with E-state index in [-0.39, 0.29) is 12.5 Å². The molecule has 0 saturated carbocycles. The van der Waals surface area contributed by atoms with Crippen LogP contribution < -0.4 is 14.3 Å². The zero-order valence-corrected chi connectivity index (χ0v) is 15.9. The van der Waals surface area contributed by atoms with Crippen LogP contribution in [0.1, 0.15) is 11.1 Å². The van der Waals surface area contributed by atoms with Crippen LogP contribution in [0.3, 0.4) is 0 Å². The first-order valence-electron chi connectivity index (χ1n) is 8.58. The fourth-order valence-electron chi connectivity index (χ4n) is 2.96. The first-order valence-corrected chi connectivity index (χ1v) is 9.39. The minimum absolute atomic E-state index is 0.137. The fraction of sp³-hybridized carbons (Fsp3) is 0.238. The molecule has 3 aromatic rings. The molecule has 1 aliphatic heterocycles. The van der Waals surface area contributed by atoms with Gasteiger partial charge in [0.2, 0.25) is 6.10 Å². The number of aryl methyl sites for hydroxylation is 2. The van der Waals surface area contributed by atoms with Crippen molar-refractivity contribution in [3.8, 4) is 23.8 Å². The van der Waals surface area contributed by atoms with E-state index in [0.29, 0.717) is 22.8 Å². The zero-order valence-electron chi connectivity index (χ0n) is 15.1. The minimum Gasteiger partial charge on any atom is -0.485 e. The molecule has 0 N–H and O–H groups in total. The molecule has 0 unspecified atom stereocenters. The number of benzene rings is 2. The van der Waals surface area contributed by atoms with Crippen molar-refractivity contribution in [2.75, 3.05) is 6.61 Å². The van der Waals surface area contributed by atoms with Gasteiger partial charge in [0.15, 0.2) is 16.3 Å². The molecule has 5 nitrogen and oxygen atoms in total. The van der Waals surface area contributed by atoms with E-state index >= 15 is 0 Å². The number of amides is 1. The van der Waals surface area contributed by atoms with E-state index in [4.69, 9.17) is 15.9 Å². The first kappa shape index (κ1) is 17.4. The smallest absolute Gasteiger partial charge is 0.292 e. The Balaban J connectivity index is 1.73. The fourth-order valence-corrected chi connectivity index (χ4v) is 4.07. The Hall–Kier alpha value is -3.04. The number of carbonyl (C=O) groups excluding carboxylic acids is 1. The van der Waals surface area contributed by atoms with Crippen LogP contribution >= 0.6 is 11.3 Å². The summed E-state index contributed by atoms with van der Waals surface area (Å²) in [6.45, 7) is 4.60. The zero-order chi connectivity index (χ0) is 19.0. The van der Waals surface area contributed by atoms with Crippen LogP contribution in [0.2, 0.25) is 0 Å². The van der Waals surface area contributed by atoms with E-state index in [2.05, 4.69) is 36.9 Å². The monoisotopic (exact) mass is 378 g/mol. The van der Waals surface area contributed by atoms with Crippen LogP contribution in [0.15, 0.2) is 41.4 Å². The average molecular weight is 378 g/mol. The molecule has 0 bridgehead atoms. The van der Waals surface area contributed by atoms with Gasteiger partial charge in [-0.25, -0.2) is 0 Å². The summed E-state index contributed by atoms with van der Waals surface area (Å²) in [4.78, 5) is 17.6. The molecule has 6 heteroatoms. The Labute approximate surface area is 160 Å². The predicted molar refractivity (Wildman–Crippen MR) is 105 cm³/mol. The van der Waals surface area contributed by atoms with Gasteiger partial charge in [-0.3, -0.25) is 4.79 Å². The van der Waals surface area contributed by atoms with E-state index in [1.165, 1.54) is 22.5 Å². The third kappa shape index (κ3) is 3.22. The highest BCUT2D eigenvalue weighted by atomic mass is 32.1. The van der Waals surface area contributed by atoms with E-state index in [1.807, 2.05) is 22.8 Å². The summed E-state index contributed by atoms with van der Waals surface area (Å²) in [7, 11) is 0. The standard InChI is InChI=1S/C21H18N2O3S/c1-4-9-23-15-10-13(2)14(3)11-19(15)27-21(23)22-20(24)18-12-25-16-7-5-6-8-17(16)26-18/h1,5-8,10-11,18H,9,12H2,2-3H3/t18-/m1/s1. The Morgan fingerprint density at radius 2 is 2.04 bits per heavy atom. The van der Waals surface area contributed by atoms with Gasteiger partial charge in [0.1, 0.15) is 6.61 Å². The summed E-state index contributed by atoms with van der Waals surface area (Å²) in [5, 5.41) is 0. The number of rotatable bonds is 2. The predicted octanol–water partition coefficient (Wildman–Crippen LogP) is 3.22. The highest BCUT2D eigenvalue weighted by molar-refractivity contribution is 7.16. The SMILES string of the molecule is C#CCn1c(=NC(=O)[C@H]2COc3ccccc3O2)sc2cc(C)c(C)cc21. The van der Waals surface area contributed by atoms with Crippen LogP contribution in [0.4, 0.5) is 0 Å². The number of para-hydroxylation sites is 2. The molecule has 1 aliphatic rings. The highest BCUT2D eigenvalue weighted by Crippen LogP contribution is 2.31. The molecule has 0 fully saturated rings. The first-order chi connectivity index (χ1) is 13.1. The van der Waals surface area contributed by atoms with Gasteiger partial charge in [0.25, 0.3) is 5.91 Å². The third-order valence-electron chi connectivity index (χ3n) is 4.54. The number of ether oxygens (including phenoxy) is 2. The number of nitrogens with zero attached hydrogens (tertiary/aromatic N) is 2. The van der Waals surface area contributed by atoms with E-state index < -0.39 is 6.10 Å². The quantitative estimate of drug-likeness (QED) is 0.644. The lowest BCUT2D eigenvalue weighted by molar-refractivity contribution is -0.127. The van der Waals surface area contributed by atoms with Crippen molar-refractivity contribution < 1.29 is 14.3 Å². The summed E-state index contributed by atoms with van der Waals surface area (Å²) in [5.41, 5.74) is 3.35. The number of hydrogen-bond acceptors (Lipinski definition) is 4. The molecule has 136 valence electrons. The summed E-state index contributed by atoms with van der Waals surface area (Å²) in [6.07, 6.45) is 4.77. The molecule has 4 rings (SSSR count). The van der Waals surface area contributed by atoms with Gasteiger partial charge in [-0.15, -0.1) is 6.42 Å². The molecule has 27 heavy (non-hydrogen) atoms. The van der Waals surface area contributed by atoms with Gasteiger partial charge < -0.3 is 14.0 Å². The van der Waals surface area contributed by atoms with Gasteiger partial charge in [-0.05, 0) is 49.2 Å². The molecular weight excluding hydrogens is 360 g/mol. The van der Waals surface area contributed by atoms with Crippen LogP contribution in [-0.2, 0) is 11.3 Å². The molecule has 0 radical (unpaired) electrons. The number of aromatic nitrogens is 1. The molecule has 1 aromatic heterocycles. The second-order valence-electron chi connectivity index (χ2n) is 6.39. The van der Waals surface area contributed by atoms with Gasteiger partial charge in [-0.1, -0.05) is 29.4 Å². The van der Waals surface area contributed by atoms with Crippen molar-refractivity contribution in [2.24, 2.45) is 4.99 Å². The molecular formula is C21H18N2O3S. The van der Waals surface area contributed by atoms with Gasteiger partial charge in [-0.2, -0.15) is 4.99 Å². The van der Waals surface area contributed by atoms with Crippen molar-refractivity contribution in [2.45, 2.75) is 26.5 Å². The Kier molecular flexibility index (Phi) is 4.46. The number of hydrogen-bond donors (Lipinski definition) is 0. The Morgan fingerprint density at radius 1 is 1.30 bits per heavy atom. The van der Waals surface area contributed by atoms with Gasteiger partial charge >= 0.3 is 0 Å². The highest BCUT2D eigenvalue weighted by Gasteiger charge is 2.27. The Morgan fingerprint density at radius 3 is 2.81 bits per heavy atom. The number of fused-ring (bicyclic) bond motifs is 2. The summed E-state index contributed by atoms with van der Waals surface area (Å²) in [5.74, 6) is 3.45. The second-order valence-corrected chi connectivity index (χ2v) is 7.40. The van der Waals surface area contributed by atoms with E-state index in [9.17, 15) is 4.79 Å². The molecule has 2 heterocycles. The van der Waals surface area contributed by atoms with Crippen molar-refractivity contribution in [1.29, 1.82) is 0 Å². The molecule has 0 aliphatic carbocycles. The van der Waals surface area contributed by atoms with E-state index in [1.54, 1.807) is 6.07 Å². The lowest BCUT2D eigenvalue weighted by Gasteiger charge is -2.23. The average Bonchev–Trinajstić information content (AvgIpc) is 2.98. The van der Waals surface area contributed by atoms with Crippen molar-refractivity contribution in [1.82, 2.24) is 4.57 Å². The molecule has 1 atom stereocenters. The summed E-state index contributed by atoms with van der Waals surface area (Å²) in [6, 6.07) is 11.5. The van der Waals surface area contributed by atoms with Crippen LogP contribution in [0.5, 0.6) is 11.5 Å². The lowest BCUT2D eigenvalue weighted by atomic mass is 10.1. The van der Waals surface area contributed by atoms with Gasteiger partial charge in [0.05, 0.1) is 16.8 Å². The molecule has 0 spiro atoms. The van der Waals surface area contributed by atoms with Crippen LogP contribution in [-0.4, -0.2) is 23.2 Å². The largest absolute Gasteiger partial charge is 0.485 e. The van der Waals surface area contributed by atoms with Gasteiger partial charge in [0, 0.05) is 0 Å². The second kappa shape index (κ2) is 6.93. The van der Waals surface area contributed by atoms with E-state index in [0.717, 1.165) is 10.2 Å². The maximum Gasteiger partial charge on any atom is 0.292 e. The molecule has 1 amide bonds. The number of thiazole rings is 1. The number of terminal acetylenes is 1. The summed E-state index contributed by atoms with van der Waals surface area (Å²) < 4.78 is 14.3. The molecule has 2 aromatic carbocycles.